The molecule has 0 aliphatic heterocycles. The lowest BCUT2D eigenvalue weighted by atomic mass is 10.4. The largest absolute Gasteiger partial charge is 0.276 e. The summed E-state index contributed by atoms with van der Waals surface area (Å²) in [4.78, 5) is 0. The number of rotatable bonds is 0. The SMILES string of the molecule is c1ccccccccnoocccccccc1. The lowest BCUT2D eigenvalue weighted by Gasteiger charge is -1.69. The van der Waals surface area contributed by atoms with E-state index >= 15 is 0 Å². The van der Waals surface area contributed by atoms with Crippen LogP contribution < -0.4 is 0 Å². The smallest absolute Gasteiger partial charge is 0.145 e. The van der Waals surface area contributed by atoms with Gasteiger partial charge in [-0.15, -0.1) is 0 Å². The molecule has 0 aromatic carbocycles. The molecule has 0 spiro atoms. The van der Waals surface area contributed by atoms with Crippen LogP contribution in [0.2, 0.25) is 0 Å². The molecule has 0 bridgehead atoms. The number of nitrogens with zero attached hydrogens (tertiary/aromatic N) is 1. The normalized spacial score (nSPS) is 8.00. The van der Waals surface area contributed by atoms with Crippen LogP contribution in [0.5, 0.6) is 0 Å². The first-order valence-corrected chi connectivity index (χ1v) is 6.18. The Morgan fingerprint density at radius 1 is 0.450 bits per heavy atom. The van der Waals surface area contributed by atoms with Crippen LogP contribution in [0.1, 0.15) is 0 Å². The summed E-state index contributed by atoms with van der Waals surface area (Å²) in [5.41, 5.74) is 0. The molecule has 0 saturated heterocycles. The van der Waals surface area contributed by atoms with Gasteiger partial charge in [-0.2, -0.15) is 4.68 Å². The third-order valence-electron chi connectivity index (χ3n) is 1.92. The van der Waals surface area contributed by atoms with Crippen LogP contribution in [0.15, 0.2) is 113 Å². The number of hydrogen-bond donors (Lipinski definition) is 0. The maximum Gasteiger partial charge on any atom is 0.145 e. The van der Waals surface area contributed by atoms with Crippen molar-refractivity contribution >= 4 is 0 Å². The van der Waals surface area contributed by atoms with Gasteiger partial charge in [0.1, 0.15) is 6.26 Å². The molecule has 0 amide bonds. The van der Waals surface area contributed by atoms with Gasteiger partial charge in [0.25, 0.3) is 0 Å². The molecule has 1 aromatic heterocycles. The van der Waals surface area contributed by atoms with E-state index in [4.69, 9.17) is 0 Å². The van der Waals surface area contributed by atoms with Crippen molar-refractivity contribution in [2.45, 2.75) is 0 Å². The van der Waals surface area contributed by atoms with Gasteiger partial charge >= 0.3 is 0 Å². The Morgan fingerprint density at radius 2 is 0.850 bits per heavy atom. The summed E-state index contributed by atoms with van der Waals surface area (Å²) in [6.07, 6.45) is 2.89. The quantitative estimate of drug-likeness (QED) is 0.636. The van der Waals surface area contributed by atoms with Crippen LogP contribution in [0.3, 0.4) is 0 Å². The van der Waals surface area contributed by atoms with Crippen molar-refractivity contribution in [3.05, 3.63) is 103 Å². The minimum atomic E-state index is 1.40. The minimum absolute atomic E-state index is 1.40. The molecular weight excluding hydrogens is 250 g/mol. The fourth-order valence-electron chi connectivity index (χ4n) is 1.07. The van der Waals surface area contributed by atoms with Gasteiger partial charge in [0.2, 0.25) is 0 Å². The van der Waals surface area contributed by atoms with E-state index in [9.17, 15) is 0 Å². The lowest BCUT2D eigenvalue weighted by molar-refractivity contribution is -0.0106. The predicted molar refractivity (Wildman–Crippen MR) is 79.3 cm³/mol. The maximum absolute atomic E-state index is 4.68. The molecule has 0 aliphatic carbocycles. The Morgan fingerprint density at radius 3 is 1.35 bits per heavy atom. The van der Waals surface area contributed by atoms with Gasteiger partial charge in [-0.3, -0.25) is 4.58 Å². The fourth-order valence-corrected chi connectivity index (χ4v) is 1.07. The Labute approximate surface area is 118 Å². The molecule has 1 heterocycles. The Kier molecular flexibility index (Phi) is 9.64. The molecule has 102 valence electrons. The van der Waals surface area contributed by atoms with Gasteiger partial charge in [0, 0.05) is 0 Å². The first kappa shape index (κ1) is 15.2. The summed E-state index contributed by atoms with van der Waals surface area (Å²) in [5, 5.41) is 3.57. The highest BCUT2D eigenvalue weighted by Crippen LogP contribution is 1.80. The van der Waals surface area contributed by atoms with E-state index in [0.29, 0.717) is 0 Å². The van der Waals surface area contributed by atoms with E-state index in [0.717, 1.165) is 0 Å². The molecule has 0 saturated carbocycles. The van der Waals surface area contributed by atoms with Crippen LogP contribution in [0.4, 0.5) is 0 Å². The summed E-state index contributed by atoms with van der Waals surface area (Å²) < 4.78 is 9.21. The fraction of sp³-hybridized carbons (Fsp3) is 0. The molecule has 0 atom stereocenters. The van der Waals surface area contributed by atoms with Crippen molar-refractivity contribution in [3.8, 4) is 0 Å². The Balaban J connectivity index is 3.00. The lowest BCUT2D eigenvalue weighted by Crippen LogP contribution is -1.55. The highest BCUT2D eigenvalue weighted by atomic mass is 17.0. The second-order valence-electron chi connectivity index (χ2n) is 3.45. The summed E-state index contributed by atoms with van der Waals surface area (Å²) in [7, 11) is 0. The average molecular weight is 267 g/mol. The third-order valence-corrected chi connectivity index (χ3v) is 1.92. The van der Waals surface area contributed by atoms with E-state index in [1.807, 2.05) is 78.9 Å². The molecule has 3 nitrogen and oxygen atoms in total. The Bertz CT molecular complexity index is 346. The second kappa shape index (κ2) is 12.6. The molecule has 1 rings (SSSR count). The summed E-state index contributed by atoms with van der Waals surface area (Å²) in [6, 6.07) is 28.3. The van der Waals surface area contributed by atoms with Gasteiger partial charge in [-0.1, -0.05) is 78.9 Å². The first-order valence-electron chi connectivity index (χ1n) is 6.18. The van der Waals surface area contributed by atoms with Gasteiger partial charge in [-0.25, -0.2) is 0 Å². The zero-order valence-electron chi connectivity index (χ0n) is 11.1. The van der Waals surface area contributed by atoms with E-state index < -0.39 is 0 Å². The van der Waals surface area contributed by atoms with Crippen LogP contribution in [0, 0.1) is 0 Å². The third kappa shape index (κ3) is 10.4. The standard InChI is InChI=1S/C17H17NO2/c1-2-4-6-8-10-12-14-16-18-20-19-17-15-13-11-9-7-5-3-1/h1-17H. The van der Waals surface area contributed by atoms with E-state index in [1.165, 1.54) is 12.5 Å². The van der Waals surface area contributed by atoms with Crippen LogP contribution in [-0.4, -0.2) is 5.16 Å². The van der Waals surface area contributed by atoms with Gasteiger partial charge in [0.05, 0.1) is 6.20 Å². The zero-order chi connectivity index (χ0) is 14.1. The van der Waals surface area contributed by atoms with Crippen molar-refractivity contribution in [1.29, 1.82) is 0 Å². The summed E-state index contributed by atoms with van der Waals surface area (Å²) in [5.74, 6) is 0. The topological polar surface area (TPSA) is 39.2 Å². The second-order valence-corrected chi connectivity index (χ2v) is 3.45. The number of aromatic nitrogens is 1. The number of hydrogen-bond acceptors (Lipinski definition) is 3. The van der Waals surface area contributed by atoms with Crippen LogP contribution in [0.25, 0.3) is 0 Å². The van der Waals surface area contributed by atoms with Gasteiger partial charge in [-0.05, 0) is 17.3 Å². The average Bonchev–Trinajstić information content (AvgIpc) is 2.46. The van der Waals surface area contributed by atoms with E-state index in [1.54, 1.807) is 12.1 Å². The molecule has 1 aromatic rings. The highest BCUT2D eigenvalue weighted by molar-refractivity contribution is 4.97. The molecule has 0 radical (unpaired) electrons. The van der Waals surface area contributed by atoms with Crippen LogP contribution in [-0.2, 0) is 0 Å². The van der Waals surface area contributed by atoms with Crippen molar-refractivity contribution < 1.29 is 9.26 Å². The molecule has 3 heteroatoms. The predicted octanol–water partition coefficient (Wildman–Crippen LogP) is 4.77. The molecule has 20 heavy (non-hydrogen) atoms. The van der Waals surface area contributed by atoms with Crippen molar-refractivity contribution in [1.82, 2.24) is 5.16 Å². The van der Waals surface area contributed by atoms with E-state index in [2.05, 4.69) is 14.4 Å². The minimum Gasteiger partial charge on any atom is -0.276 e. The van der Waals surface area contributed by atoms with Crippen molar-refractivity contribution in [2.75, 3.05) is 0 Å². The highest BCUT2D eigenvalue weighted by Gasteiger charge is 1.60. The molecule has 0 unspecified atom stereocenters. The van der Waals surface area contributed by atoms with Crippen LogP contribution >= 0.6 is 0 Å². The monoisotopic (exact) mass is 267 g/mol. The van der Waals surface area contributed by atoms with Crippen molar-refractivity contribution in [3.63, 3.8) is 0 Å². The molecule has 0 aliphatic rings. The Hall–Kier alpha value is -2.81. The van der Waals surface area contributed by atoms with E-state index in [-0.39, 0.29) is 0 Å². The van der Waals surface area contributed by atoms with Gasteiger partial charge < -0.3 is 0 Å². The molecule has 0 fully saturated rings. The van der Waals surface area contributed by atoms with Gasteiger partial charge in [0.15, 0.2) is 0 Å². The van der Waals surface area contributed by atoms with Crippen molar-refractivity contribution in [2.24, 2.45) is 0 Å². The maximum atomic E-state index is 4.68. The summed E-state index contributed by atoms with van der Waals surface area (Å²) >= 11 is 0. The molecule has 0 N–H and O–H groups in total. The molecular formula is C17H17NO2. The first-order chi connectivity index (χ1) is 10.0. The summed E-state index contributed by atoms with van der Waals surface area (Å²) in [6.45, 7) is 0. The zero-order valence-corrected chi connectivity index (χ0v) is 11.1.